The number of aliphatic hydroxyl groups excluding tert-OH is 2. The van der Waals surface area contributed by atoms with Gasteiger partial charge in [-0.3, -0.25) is 10.2 Å². The summed E-state index contributed by atoms with van der Waals surface area (Å²) in [7, 11) is 0. The van der Waals surface area contributed by atoms with Crippen molar-refractivity contribution in [2.45, 2.75) is 24.7 Å². The summed E-state index contributed by atoms with van der Waals surface area (Å²) in [5.74, 6) is 0.261. The van der Waals surface area contributed by atoms with Crippen molar-refractivity contribution in [1.29, 1.82) is 0 Å². The van der Waals surface area contributed by atoms with E-state index in [1.54, 1.807) is 6.07 Å². The number of amides is 2. The van der Waals surface area contributed by atoms with E-state index in [0.717, 1.165) is 12.1 Å². The van der Waals surface area contributed by atoms with Crippen molar-refractivity contribution in [3.05, 3.63) is 53.2 Å². The molecule has 2 amide bonds. The minimum absolute atomic E-state index is 0.0694. The minimum atomic E-state index is -4.54. The summed E-state index contributed by atoms with van der Waals surface area (Å²) in [4.78, 5) is 29.6. The van der Waals surface area contributed by atoms with Crippen LogP contribution in [0.3, 0.4) is 0 Å². The fraction of sp³-hybridized carbons (Fsp3) is 0.333. The molecule has 0 spiro atoms. The summed E-state index contributed by atoms with van der Waals surface area (Å²) in [6.07, 6.45) is -3.64. The van der Waals surface area contributed by atoms with Crippen LogP contribution in [0.1, 0.15) is 12.0 Å². The third-order valence-corrected chi connectivity index (χ3v) is 6.49. The number of alkyl halides is 3. The molecule has 1 saturated heterocycles. The van der Waals surface area contributed by atoms with Gasteiger partial charge in [-0.15, -0.1) is 0 Å². The van der Waals surface area contributed by atoms with Crippen molar-refractivity contribution in [3.8, 4) is 17.1 Å². The number of pyridine rings is 1. The molecule has 2 bridgehead atoms. The van der Waals surface area contributed by atoms with Gasteiger partial charge in [-0.25, -0.2) is 14.8 Å². The van der Waals surface area contributed by atoms with Gasteiger partial charge in [0.15, 0.2) is 5.82 Å². The van der Waals surface area contributed by atoms with Crippen LogP contribution in [-0.4, -0.2) is 69.6 Å². The number of urea groups is 1. The molecule has 3 aromatic rings. The molecule has 0 radical (unpaired) electrons. The molecule has 1 unspecified atom stereocenters. The second-order valence-electron chi connectivity index (χ2n) is 8.79. The quantitative estimate of drug-likeness (QED) is 0.425. The maximum absolute atomic E-state index is 13.4. The van der Waals surface area contributed by atoms with Crippen LogP contribution < -0.4 is 19.9 Å². The number of nitrogens with one attached hydrogen (secondary N) is 1. The van der Waals surface area contributed by atoms with Crippen molar-refractivity contribution in [2.75, 3.05) is 41.4 Å². The van der Waals surface area contributed by atoms with Gasteiger partial charge in [0.1, 0.15) is 12.7 Å². The van der Waals surface area contributed by atoms with Crippen LogP contribution in [0.2, 0.25) is 5.02 Å². The van der Waals surface area contributed by atoms with Crippen LogP contribution in [0.4, 0.5) is 35.4 Å². The number of aromatic nitrogens is 3. The molecular formula is C24H22ClF3N6O4. The van der Waals surface area contributed by atoms with Gasteiger partial charge in [0, 0.05) is 30.9 Å². The number of halogens is 4. The Balaban J connectivity index is 1.46. The topological polar surface area (TPSA) is 124 Å². The third-order valence-electron chi connectivity index (χ3n) is 6.20. The van der Waals surface area contributed by atoms with E-state index in [1.807, 2.05) is 4.90 Å². The molecule has 2 aromatic heterocycles. The summed E-state index contributed by atoms with van der Waals surface area (Å²) in [6, 6.07) is 6.89. The Bertz CT molecular complexity index is 1360. The Morgan fingerprint density at radius 2 is 2.08 bits per heavy atom. The van der Waals surface area contributed by atoms with E-state index < -0.39 is 30.5 Å². The highest BCUT2D eigenvalue weighted by molar-refractivity contribution is 6.33. The molecule has 200 valence electrons. The van der Waals surface area contributed by atoms with Crippen LogP contribution in [0.25, 0.3) is 11.3 Å². The summed E-state index contributed by atoms with van der Waals surface area (Å²) in [6.45, 7) is 0.488. The smallest absolute Gasteiger partial charge is 0.416 e. The fourth-order valence-electron chi connectivity index (χ4n) is 4.40. The Morgan fingerprint density at radius 1 is 1.26 bits per heavy atom. The molecule has 14 heteroatoms. The number of fused-ring (bicyclic) bond motifs is 4. The van der Waals surface area contributed by atoms with Gasteiger partial charge < -0.3 is 19.8 Å². The number of carbonyl (C=O) groups excluding carboxylic acids is 1. The molecule has 1 aromatic carbocycles. The first kappa shape index (κ1) is 25.9. The highest BCUT2D eigenvalue weighted by Gasteiger charge is 2.41. The minimum Gasteiger partial charge on any atom is -0.475 e. The van der Waals surface area contributed by atoms with Crippen LogP contribution in [0.15, 0.2) is 42.6 Å². The van der Waals surface area contributed by atoms with E-state index in [1.165, 1.54) is 29.3 Å². The second kappa shape index (κ2) is 10.2. The molecule has 10 nitrogen and oxygen atoms in total. The monoisotopic (exact) mass is 550 g/mol. The lowest BCUT2D eigenvalue weighted by Crippen LogP contribution is -2.48. The van der Waals surface area contributed by atoms with E-state index in [-0.39, 0.29) is 46.6 Å². The number of benzene rings is 1. The molecule has 0 aliphatic carbocycles. The fourth-order valence-corrected chi connectivity index (χ4v) is 4.66. The van der Waals surface area contributed by atoms with Crippen LogP contribution in [-0.2, 0) is 6.18 Å². The summed E-state index contributed by atoms with van der Waals surface area (Å²) < 4.78 is 45.2. The molecule has 1 fully saturated rings. The molecule has 5 rings (SSSR count). The number of aliphatic hydroxyl groups is 2. The predicted molar refractivity (Wildman–Crippen MR) is 132 cm³/mol. The molecule has 2 aliphatic rings. The van der Waals surface area contributed by atoms with Crippen molar-refractivity contribution < 1.29 is 32.9 Å². The summed E-state index contributed by atoms with van der Waals surface area (Å²) in [5, 5.41) is 21.2. The maximum atomic E-state index is 13.4. The molecule has 38 heavy (non-hydrogen) atoms. The van der Waals surface area contributed by atoms with Gasteiger partial charge in [-0.05, 0) is 24.6 Å². The molecule has 3 N–H and O–H groups in total. The number of anilines is 3. The Kier molecular flexibility index (Phi) is 6.99. The van der Waals surface area contributed by atoms with E-state index in [2.05, 4.69) is 20.3 Å². The van der Waals surface area contributed by atoms with Gasteiger partial charge in [0.25, 0.3) is 0 Å². The maximum Gasteiger partial charge on any atom is 0.416 e. The molecular weight excluding hydrogens is 529 g/mol. The van der Waals surface area contributed by atoms with Crippen molar-refractivity contribution in [2.24, 2.45) is 0 Å². The number of rotatable bonds is 6. The standard InChI is InChI=1S/C24H22ClF3N6O4/c25-17-9-18-21(31-20(17)13-2-1-3-14(8-13)24(26,27)28)34(15-5-7-33(18)10-15)23(37)32-22-29-6-4-19(30-22)38-12-16(36)11-35/h1-4,6,8-9,15-16,35-36H,5,7,10-12H2,(H,29,30,32,37)/t15?,16-/m1/s1. The zero-order chi connectivity index (χ0) is 27.0. The highest BCUT2D eigenvalue weighted by atomic mass is 35.5. The van der Waals surface area contributed by atoms with E-state index in [4.69, 9.17) is 21.4 Å². The van der Waals surface area contributed by atoms with Gasteiger partial charge in [0.05, 0.1) is 34.6 Å². The van der Waals surface area contributed by atoms with Gasteiger partial charge in [0.2, 0.25) is 11.8 Å². The Morgan fingerprint density at radius 3 is 2.84 bits per heavy atom. The van der Waals surface area contributed by atoms with E-state index in [0.29, 0.717) is 25.2 Å². The van der Waals surface area contributed by atoms with E-state index >= 15 is 0 Å². The van der Waals surface area contributed by atoms with Crippen LogP contribution in [0, 0.1) is 0 Å². The van der Waals surface area contributed by atoms with Gasteiger partial charge >= 0.3 is 12.2 Å². The average Bonchev–Trinajstić information content (AvgIpc) is 3.31. The second-order valence-corrected chi connectivity index (χ2v) is 9.20. The lowest BCUT2D eigenvalue weighted by atomic mass is 10.1. The lowest BCUT2D eigenvalue weighted by Gasteiger charge is -2.36. The van der Waals surface area contributed by atoms with Crippen molar-refractivity contribution in [3.63, 3.8) is 0 Å². The molecule has 2 atom stereocenters. The zero-order valence-electron chi connectivity index (χ0n) is 19.7. The first-order valence-corrected chi connectivity index (χ1v) is 12.0. The van der Waals surface area contributed by atoms with Crippen molar-refractivity contribution in [1.82, 2.24) is 15.0 Å². The molecule has 2 aliphatic heterocycles. The lowest BCUT2D eigenvalue weighted by molar-refractivity contribution is -0.137. The molecule has 0 saturated carbocycles. The molecule has 4 heterocycles. The Labute approximate surface area is 219 Å². The third kappa shape index (κ3) is 5.17. The van der Waals surface area contributed by atoms with Gasteiger partial charge in [-0.2, -0.15) is 18.2 Å². The van der Waals surface area contributed by atoms with Gasteiger partial charge in [-0.1, -0.05) is 23.7 Å². The SMILES string of the molecule is O=C(Nc1nccc(OC[C@H](O)CO)n1)N1c2nc(-c3cccc(C(F)(F)F)c3)c(Cl)cc2N2CCC1C2. The van der Waals surface area contributed by atoms with Crippen LogP contribution >= 0.6 is 11.6 Å². The zero-order valence-corrected chi connectivity index (χ0v) is 20.4. The number of nitrogens with zero attached hydrogens (tertiary/aromatic N) is 5. The number of carbonyl (C=O) groups is 1. The van der Waals surface area contributed by atoms with Crippen molar-refractivity contribution >= 4 is 35.1 Å². The van der Waals surface area contributed by atoms with E-state index in [9.17, 15) is 23.1 Å². The predicted octanol–water partition coefficient (Wildman–Crippen LogP) is 3.57. The summed E-state index contributed by atoms with van der Waals surface area (Å²) in [5.41, 5.74) is 0.0328. The largest absolute Gasteiger partial charge is 0.475 e. The Hall–Kier alpha value is -3.68. The van der Waals surface area contributed by atoms with Crippen LogP contribution in [0.5, 0.6) is 5.88 Å². The number of hydrogen-bond acceptors (Lipinski definition) is 8. The first-order chi connectivity index (χ1) is 18.1. The number of hydrogen-bond donors (Lipinski definition) is 3. The average molecular weight is 551 g/mol. The number of ether oxygens (including phenoxy) is 1. The first-order valence-electron chi connectivity index (χ1n) is 11.6. The summed E-state index contributed by atoms with van der Waals surface area (Å²) >= 11 is 6.48. The highest BCUT2D eigenvalue weighted by Crippen LogP contribution is 2.43. The normalized spacial score (nSPS) is 17.3.